The molecule has 0 bridgehead atoms. The van der Waals surface area contributed by atoms with Gasteiger partial charge in [0.15, 0.2) is 0 Å². The first-order valence-electron chi connectivity index (χ1n) is 14.8. The van der Waals surface area contributed by atoms with Crippen molar-refractivity contribution in [2.75, 3.05) is 92.1 Å². The van der Waals surface area contributed by atoms with Gasteiger partial charge in [0.1, 0.15) is 12.1 Å². The minimum Gasteiger partial charge on any atom is -0.480 e. The van der Waals surface area contributed by atoms with Crippen LogP contribution < -0.4 is 10.6 Å². The first-order chi connectivity index (χ1) is 20.0. The van der Waals surface area contributed by atoms with Gasteiger partial charge < -0.3 is 39.8 Å². The summed E-state index contributed by atoms with van der Waals surface area (Å²) in [5.41, 5.74) is 0. The Balaban J connectivity index is 2.57. The molecule has 2 amide bonds. The molecule has 14 nitrogen and oxygen atoms in total. The number of rotatable bonds is 12. The summed E-state index contributed by atoms with van der Waals surface area (Å²) in [5, 5.41) is 24.0. The van der Waals surface area contributed by atoms with Crippen molar-refractivity contribution >= 4 is 23.8 Å². The Morgan fingerprint density at radius 2 is 0.857 bits per heavy atom. The molecule has 1 saturated heterocycles. The highest BCUT2D eigenvalue weighted by Crippen LogP contribution is 2.06. The molecule has 0 saturated carbocycles. The van der Waals surface area contributed by atoms with Crippen LogP contribution in [-0.2, 0) is 38.1 Å². The number of carboxylic acid groups (broad SMARTS) is 2. The van der Waals surface area contributed by atoms with Crippen LogP contribution in [0.3, 0.4) is 0 Å². The van der Waals surface area contributed by atoms with E-state index in [0.717, 1.165) is 0 Å². The van der Waals surface area contributed by atoms with Crippen LogP contribution in [0.5, 0.6) is 0 Å². The lowest BCUT2D eigenvalue weighted by molar-refractivity contribution is -0.142. The molecular formula is C28H52N4O10. The molecule has 4 N–H and O–H groups in total. The molecule has 0 aromatic heterocycles. The number of carboxylic acids is 2. The minimum atomic E-state index is -1.05. The number of hydrogen-bond acceptors (Lipinski definition) is 10. The summed E-state index contributed by atoms with van der Waals surface area (Å²) in [6.07, 6.45) is 0.698. The minimum absolute atomic E-state index is 0.0235. The number of carbonyl (C=O) groups excluding carboxylic acids is 2. The largest absolute Gasteiger partial charge is 0.480 e. The zero-order chi connectivity index (χ0) is 31.3. The van der Waals surface area contributed by atoms with Crippen molar-refractivity contribution in [2.24, 2.45) is 11.8 Å². The summed E-state index contributed by atoms with van der Waals surface area (Å²) >= 11 is 0. The zero-order valence-corrected chi connectivity index (χ0v) is 25.7. The predicted molar refractivity (Wildman–Crippen MR) is 154 cm³/mol. The van der Waals surface area contributed by atoms with E-state index in [4.69, 9.17) is 18.9 Å². The normalized spacial score (nSPS) is 19.4. The Morgan fingerprint density at radius 3 is 1.10 bits per heavy atom. The average molecular weight is 605 g/mol. The maximum absolute atomic E-state index is 12.6. The third-order valence-corrected chi connectivity index (χ3v) is 6.37. The van der Waals surface area contributed by atoms with E-state index in [1.54, 1.807) is 0 Å². The molecule has 0 radical (unpaired) electrons. The van der Waals surface area contributed by atoms with E-state index in [-0.39, 0.29) is 36.7 Å². The molecule has 42 heavy (non-hydrogen) atoms. The highest BCUT2D eigenvalue weighted by Gasteiger charge is 2.23. The van der Waals surface area contributed by atoms with Gasteiger partial charge in [-0.1, -0.05) is 27.7 Å². The van der Waals surface area contributed by atoms with E-state index < -0.39 is 24.0 Å². The third kappa shape index (κ3) is 18.9. The number of carbonyl (C=O) groups is 4. The zero-order valence-electron chi connectivity index (χ0n) is 25.7. The first kappa shape index (κ1) is 37.7. The van der Waals surface area contributed by atoms with Gasteiger partial charge in [0.05, 0.1) is 65.9 Å². The summed E-state index contributed by atoms with van der Waals surface area (Å²) in [4.78, 5) is 51.8. The highest BCUT2D eigenvalue weighted by atomic mass is 16.5. The number of nitrogens with zero attached hydrogens (tertiary/aromatic N) is 2. The van der Waals surface area contributed by atoms with Crippen molar-refractivity contribution in [3.63, 3.8) is 0 Å². The second-order valence-electron chi connectivity index (χ2n) is 11.2. The molecule has 1 heterocycles. The molecule has 1 rings (SSSR count). The van der Waals surface area contributed by atoms with Crippen molar-refractivity contribution in [1.29, 1.82) is 0 Å². The van der Waals surface area contributed by atoms with Crippen LogP contribution in [0.1, 0.15) is 40.5 Å². The summed E-state index contributed by atoms with van der Waals surface area (Å²) in [7, 11) is 0. The molecule has 244 valence electrons. The van der Waals surface area contributed by atoms with Crippen LogP contribution in [0.2, 0.25) is 0 Å². The van der Waals surface area contributed by atoms with Crippen molar-refractivity contribution in [2.45, 2.75) is 52.6 Å². The predicted octanol–water partition coefficient (Wildman–Crippen LogP) is -0.0986. The topological polar surface area (TPSA) is 176 Å². The van der Waals surface area contributed by atoms with Crippen LogP contribution in [0, 0.1) is 11.8 Å². The maximum Gasteiger partial charge on any atom is 0.326 e. The maximum atomic E-state index is 12.6. The molecule has 14 heteroatoms. The molecule has 0 aromatic rings. The fraction of sp³-hybridized carbons (Fsp3) is 0.857. The van der Waals surface area contributed by atoms with E-state index in [9.17, 15) is 29.4 Å². The quantitative estimate of drug-likeness (QED) is 0.233. The third-order valence-electron chi connectivity index (χ3n) is 6.37. The van der Waals surface area contributed by atoms with E-state index >= 15 is 0 Å². The van der Waals surface area contributed by atoms with Gasteiger partial charge in [0.2, 0.25) is 11.8 Å². The van der Waals surface area contributed by atoms with Gasteiger partial charge in [-0.05, 0) is 24.7 Å². The Hall–Kier alpha value is -2.36. The van der Waals surface area contributed by atoms with E-state index in [1.165, 1.54) is 0 Å². The van der Waals surface area contributed by atoms with Crippen LogP contribution in [0.4, 0.5) is 0 Å². The second kappa shape index (κ2) is 22.2. The van der Waals surface area contributed by atoms with Crippen LogP contribution in [0.25, 0.3) is 0 Å². The Morgan fingerprint density at radius 1 is 0.571 bits per heavy atom. The molecule has 0 spiro atoms. The van der Waals surface area contributed by atoms with Crippen molar-refractivity contribution < 1.29 is 48.3 Å². The Kier molecular flexibility index (Phi) is 19.9. The summed E-state index contributed by atoms with van der Waals surface area (Å²) < 4.78 is 22.7. The summed E-state index contributed by atoms with van der Waals surface area (Å²) in [5.74, 6) is -2.58. The van der Waals surface area contributed by atoms with Gasteiger partial charge in [-0.3, -0.25) is 19.4 Å². The molecular weight excluding hydrogens is 552 g/mol. The number of nitrogens with one attached hydrogen (secondary N) is 2. The monoisotopic (exact) mass is 604 g/mol. The van der Waals surface area contributed by atoms with Crippen LogP contribution in [-0.4, -0.2) is 148 Å². The Bertz CT molecular complexity index is 715. The van der Waals surface area contributed by atoms with Gasteiger partial charge >= 0.3 is 11.9 Å². The van der Waals surface area contributed by atoms with Crippen LogP contribution in [0.15, 0.2) is 0 Å². The van der Waals surface area contributed by atoms with Crippen molar-refractivity contribution in [3.8, 4) is 0 Å². The van der Waals surface area contributed by atoms with E-state index in [0.29, 0.717) is 91.9 Å². The van der Waals surface area contributed by atoms with Gasteiger partial charge in [-0.15, -0.1) is 0 Å². The smallest absolute Gasteiger partial charge is 0.326 e. The summed E-state index contributed by atoms with van der Waals surface area (Å²) in [6.45, 7) is 12.2. The van der Waals surface area contributed by atoms with Gasteiger partial charge in [-0.2, -0.15) is 0 Å². The summed E-state index contributed by atoms with van der Waals surface area (Å²) in [6, 6.07) is -1.87. The molecule has 1 aliphatic heterocycles. The number of hydrogen-bond donors (Lipinski definition) is 4. The molecule has 0 aliphatic carbocycles. The molecule has 1 fully saturated rings. The molecule has 2 atom stereocenters. The molecule has 1 aliphatic rings. The van der Waals surface area contributed by atoms with Gasteiger partial charge in [0, 0.05) is 26.2 Å². The van der Waals surface area contributed by atoms with Gasteiger partial charge in [-0.25, -0.2) is 9.59 Å². The fourth-order valence-electron chi connectivity index (χ4n) is 4.23. The van der Waals surface area contributed by atoms with E-state index in [2.05, 4.69) is 10.6 Å². The van der Waals surface area contributed by atoms with Crippen molar-refractivity contribution in [1.82, 2.24) is 20.4 Å². The lowest BCUT2D eigenvalue weighted by Gasteiger charge is -2.24. The van der Waals surface area contributed by atoms with Crippen molar-refractivity contribution in [3.05, 3.63) is 0 Å². The number of amides is 2. The van der Waals surface area contributed by atoms with Gasteiger partial charge in [0.25, 0.3) is 0 Å². The SMILES string of the molecule is CC(C)C[C@@H](NC(=O)CN1CCOCCOCCN(CC(=O)N[C@H](CC(C)C)C(=O)O)CCOCCOCC1)C(=O)O. The average Bonchev–Trinajstić information content (AvgIpc) is 2.89. The number of ether oxygens (including phenoxy) is 4. The van der Waals surface area contributed by atoms with Crippen LogP contribution >= 0.6 is 0 Å². The lowest BCUT2D eigenvalue weighted by Crippen LogP contribution is -2.47. The first-order valence-corrected chi connectivity index (χ1v) is 14.8. The molecule has 0 aromatic carbocycles. The Labute approximate surface area is 249 Å². The second-order valence-corrected chi connectivity index (χ2v) is 11.2. The molecule has 0 unspecified atom stereocenters. The lowest BCUT2D eigenvalue weighted by atomic mass is 10.0. The number of aliphatic carboxylic acids is 2. The highest BCUT2D eigenvalue weighted by molar-refractivity contribution is 5.85. The van der Waals surface area contributed by atoms with E-state index in [1.807, 2.05) is 37.5 Å². The standard InChI is InChI=1S/C28H52N4O10/c1-21(2)17-23(27(35)36)29-25(33)19-31-5-9-39-13-15-41-11-7-32(8-12-42-16-14-40-10-6-31)20-26(34)30-24(28(37)38)18-22(3)4/h21-24H,5-20H2,1-4H3,(H,29,33)(H,30,34)(H,35,36)(H,37,38)/t23-,24-/m1/s1. The fourth-order valence-corrected chi connectivity index (χ4v) is 4.23.